The number of benzene rings is 1. The monoisotopic (exact) mass is 319 g/mol. The first-order chi connectivity index (χ1) is 10.9. The van der Waals surface area contributed by atoms with Crippen molar-refractivity contribution in [1.82, 2.24) is 5.32 Å². The number of esters is 2. The number of carbonyl (C=O) groups is 3. The third kappa shape index (κ3) is 4.95. The third-order valence-electron chi connectivity index (χ3n) is 3.50. The van der Waals surface area contributed by atoms with Crippen LogP contribution in [0.2, 0.25) is 0 Å². The van der Waals surface area contributed by atoms with E-state index in [0.717, 1.165) is 5.56 Å². The third-order valence-corrected chi connectivity index (χ3v) is 3.50. The fourth-order valence-corrected chi connectivity index (χ4v) is 1.84. The summed E-state index contributed by atoms with van der Waals surface area (Å²) in [5.41, 5.74) is 0.104. The molecule has 1 rings (SSSR count). The van der Waals surface area contributed by atoms with E-state index in [1.165, 1.54) is 20.3 Å². The van der Waals surface area contributed by atoms with E-state index in [1.54, 1.807) is 44.2 Å². The van der Waals surface area contributed by atoms with Crippen LogP contribution in [0, 0.1) is 0 Å². The minimum absolute atomic E-state index is 0.406. The highest BCUT2D eigenvalue weighted by molar-refractivity contribution is 5.96. The summed E-state index contributed by atoms with van der Waals surface area (Å²) in [6.07, 6.45) is 3.32. The number of ether oxygens (including phenoxy) is 2. The normalized spacial score (nSPS) is 13.2. The first-order valence-corrected chi connectivity index (χ1v) is 7.13. The van der Waals surface area contributed by atoms with Gasteiger partial charge in [-0.2, -0.15) is 0 Å². The molecule has 0 spiro atoms. The Morgan fingerprint density at radius 3 is 2.22 bits per heavy atom. The standard InChI is InChI=1S/C17H21NO5/c1-5-17(2,16(21)23-4)18-14(19)11-8-12-6-9-13(10-7-12)15(20)22-3/h6-11H,5H2,1-4H3,(H,18,19)/b11-8-/t17-/m1/s1. The van der Waals surface area contributed by atoms with Gasteiger partial charge in [0.05, 0.1) is 19.8 Å². The predicted octanol–water partition coefficient (Wildman–Crippen LogP) is 1.94. The first-order valence-electron chi connectivity index (χ1n) is 7.13. The van der Waals surface area contributed by atoms with Crippen molar-refractivity contribution in [3.63, 3.8) is 0 Å². The molecule has 1 amide bonds. The summed E-state index contributed by atoms with van der Waals surface area (Å²) in [5, 5.41) is 2.63. The van der Waals surface area contributed by atoms with Crippen molar-refractivity contribution in [2.45, 2.75) is 25.8 Å². The van der Waals surface area contributed by atoms with E-state index in [-0.39, 0.29) is 0 Å². The van der Waals surface area contributed by atoms with Gasteiger partial charge in [-0.3, -0.25) is 4.79 Å². The van der Waals surface area contributed by atoms with Crippen LogP contribution in [-0.4, -0.2) is 37.6 Å². The number of rotatable bonds is 6. The van der Waals surface area contributed by atoms with Crippen LogP contribution in [0.25, 0.3) is 6.08 Å². The molecule has 0 saturated heterocycles. The van der Waals surface area contributed by atoms with Crippen LogP contribution in [0.5, 0.6) is 0 Å². The molecule has 1 aromatic rings. The van der Waals surface area contributed by atoms with E-state index in [0.29, 0.717) is 12.0 Å². The minimum atomic E-state index is -1.06. The van der Waals surface area contributed by atoms with Crippen LogP contribution < -0.4 is 5.32 Å². The molecule has 124 valence electrons. The van der Waals surface area contributed by atoms with Crippen molar-refractivity contribution >= 4 is 23.9 Å². The zero-order valence-corrected chi connectivity index (χ0v) is 13.7. The van der Waals surface area contributed by atoms with Crippen molar-refractivity contribution in [1.29, 1.82) is 0 Å². The molecule has 0 fully saturated rings. The van der Waals surface area contributed by atoms with Crippen LogP contribution in [0.1, 0.15) is 36.2 Å². The smallest absolute Gasteiger partial charge is 0.337 e. The van der Waals surface area contributed by atoms with Crippen molar-refractivity contribution in [2.75, 3.05) is 14.2 Å². The molecule has 6 heteroatoms. The van der Waals surface area contributed by atoms with E-state index in [1.807, 2.05) is 0 Å². The second kappa shape index (κ2) is 8.12. The van der Waals surface area contributed by atoms with Gasteiger partial charge in [-0.1, -0.05) is 19.1 Å². The summed E-state index contributed by atoms with van der Waals surface area (Å²) >= 11 is 0. The van der Waals surface area contributed by atoms with E-state index < -0.39 is 23.4 Å². The van der Waals surface area contributed by atoms with Gasteiger partial charge in [0.25, 0.3) is 0 Å². The van der Waals surface area contributed by atoms with Gasteiger partial charge in [-0.15, -0.1) is 0 Å². The van der Waals surface area contributed by atoms with Gasteiger partial charge in [-0.25, -0.2) is 9.59 Å². The zero-order valence-electron chi connectivity index (χ0n) is 13.7. The lowest BCUT2D eigenvalue weighted by atomic mass is 9.99. The lowest BCUT2D eigenvalue weighted by Crippen LogP contribution is -2.51. The number of methoxy groups -OCH3 is 2. The van der Waals surface area contributed by atoms with Crippen LogP contribution in [0.3, 0.4) is 0 Å². The molecular formula is C17H21NO5. The maximum absolute atomic E-state index is 12.0. The van der Waals surface area contributed by atoms with Gasteiger partial charge >= 0.3 is 11.9 Å². The molecule has 0 aliphatic carbocycles. The number of hydrogen-bond acceptors (Lipinski definition) is 5. The fraction of sp³-hybridized carbons (Fsp3) is 0.353. The van der Waals surface area contributed by atoms with E-state index in [4.69, 9.17) is 4.74 Å². The Bertz CT molecular complexity index is 606. The van der Waals surface area contributed by atoms with Crippen molar-refractivity contribution in [3.05, 3.63) is 41.5 Å². The molecule has 0 bridgehead atoms. The van der Waals surface area contributed by atoms with Gasteiger partial charge in [-0.05, 0) is 37.1 Å². The average Bonchev–Trinajstić information content (AvgIpc) is 2.58. The van der Waals surface area contributed by atoms with Gasteiger partial charge in [0.15, 0.2) is 0 Å². The Morgan fingerprint density at radius 2 is 1.74 bits per heavy atom. The van der Waals surface area contributed by atoms with Gasteiger partial charge < -0.3 is 14.8 Å². The highest BCUT2D eigenvalue weighted by atomic mass is 16.5. The Kier molecular flexibility index (Phi) is 6.50. The van der Waals surface area contributed by atoms with Crippen LogP contribution in [0.4, 0.5) is 0 Å². The molecule has 23 heavy (non-hydrogen) atoms. The topological polar surface area (TPSA) is 81.7 Å². The Balaban J connectivity index is 2.75. The summed E-state index contributed by atoms with van der Waals surface area (Å²) in [7, 11) is 2.59. The maximum Gasteiger partial charge on any atom is 0.337 e. The van der Waals surface area contributed by atoms with Gasteiger partial charge in [0.1, 0.15) is 5.54 Å². The molecule has 1 N–H and O–H groups in total. The molecule has 1 aromatic carbocycles. The molecule has 0 aliphatic rings. The molecule has 0 aromatic heterocycles. The summed E-state index contributed by atoms with van der Waals surface area (Å²) in [6, 6.07) is 6.59. The molecule has 0 unspecified atom stereocenters. The van der Waals surface area contributed by atoms with Crippen LogP contribution in [0.15, 0.2) is 30.3 Å². The molecular weight excluding hydrogens is 298 g/mol. The fourth-order valence-electron chi connectivity index (χ4n) is 1.84. The average molecular weight is 319 g/mol. The largest absolute Gasteiger partial charge is 0.467 e. The van der Waals surface area contributed by atoms with E-state index >= 15 is 0 Å². The van der Waals surface area contributed by atoms with Crippen LogP contribution >= 0.6 is 0 Å². The summed E-state index contributed by atoms with van der Waals surface area (Å²) < 4.78 is 9.30. The van der Waals surface area contributed by atoms with E-state index in [9.17, 15) is 14.4 Å². The van der Waals surface area contributed by atoms with Crippen molar-refractivity contribution in [3.8, 4) is 0 Å². The lowest BCUT2D eigenvalue weighted by Gasteiger charge is -2.25. The van der Waals surface area contributed by atoms with Crippen molar-refractivity contribution < 1.29 is 23.9 Å². The highest BCUT2D eigenvalue weighted by Gasteiger charge is 2.33. The molecule has 6 nitrogen and oxygen atoms in total. The van der Waals surface area contributed by atoms with Crippen molar-refractivity contribution in [2.24, 2.45) is 0 Å². The Labute approximate surface area is 135 Å². The SMILES string of the molecule is CC[C@@](C)(NC(=O)/C=C\c1ccc(C(=O)OC)cc1)C(=O)OC. The summed E-state index contributed by atoms with van der Waals surface area (Å²) in [5.74, 6) is -1.32. The number of hydrogen-bond donors (Lipinski definition) is 1. The lowest BCUT2D eigenvalue weighted by molar-refractivity contribution is -0.149. The second-order valence-electron chi connectivity index (χ2n) is 5.11. The molecule has 0 radical (unpaired) electrons. The quantitative estimate of drug-likeness (QED) is 0.640. The van der Waals surface area contributed by atoms with Gasteiger partial charge in [0.2, 0.25) is 5.91 Å². The minimum Gasteiger partial charge on any atom is -0.467 e. The van der Waals surface area contributed by atoms with Gasteiger partial charge in [0, 0.05) is 6.08 Å². The summed E-state index contributed by atoms with van der Waals surface area (Å²) in [6.45, 7) is 3.39. The number of carbonyl (C=O) groups excluding carboxylic acids is 3. The van der Waals surface area contributed by atoms with Crippen LogP contribution in [-0.2, 0) is 19.1 Å². The molecule has 0 saturated carbocycles. The second-order valence-corrected chi connectivity index (χ2v) is 5.11. The maximum atomic E-state index is 12.0. The molecule has 0 aliphatic heterocycles. The first kappa shape index (κ1) is 18.4. The molecule has 0 heterocycles. The number of amides is 1. The highest BCUT2D eigenvalue weighted by Crippen LogP contribution is 2.12. The predicted molar refractivity (Wildman–Crippen MR) is 85.7 cm³/mol. The number of nitrogens with one attached hydrogen (secondary N) is 1. The Morgan fingerprint density at radius 1 is 1.13 bits per heavy atom. The summed E-state index contributed by atoms with van der Waals surface area (Å²) in [4.78, 5) is 35.0. The Hall–Kier alpha value is -2.63. The zero-order chi connectivity index (χ0) is 17.5. The van der Waals surface area contributed by atoms with E-state index in [2.05, 4.69) is 10.1 Å². The molecule has 1 atom stereocenters.